The summed E-state index contributed by atoms with van der Waals surface area (Å²) in [5, 5.41) is 5.60. The second-order valence-corrected chi connectivity index (χ2v) is 3.92. The van der Waals surface area contributed by atoms with Crippen molar-refractivity contribution in [2.75, 3.05) is 39.2 Å². The van der Waals surface area contributed by atoms with Crippen LogP contribution in [0.5, 0.6) is 5.75 Å². The molecule has 19 heavy (non-hydrogen) atoms. The maximum Gasteiger partial charge on any atom is 0.238 e. The average molecular weight is 289 g/mol. The summed E-state index contributed by atoms with van der Waals surface area (Å²) in [6, 6.07) is 5.66. The maximum absolute atomic E-state index is 11.5. The van der Waals surface area contributed by atoms with E-state index in [9.17, 15) is 4.79 Å². The van der Waals surface area contributed by atoms with Crippen LogP contribution >= 0.6 is 12.4 Å². The number of benzene rings is 1. The molecule has 1 aromatic rings. The average Bonchev–Trinajstić information content (AvgIpc) is 2.33. The summed E-state index contributed by atoms with van der Waals surface area (Å²) in [7, 11) is 3.35. The Kier molecular flexibility index (Phi) is 8.95. The lowest BCUT2D eigenvalue weighted by molar-refractivity contribution is -0.115. The molecule has 0 aliphatic carbocycles. The Hall–Kier alpha value is -1.30. The lowest BCUT2D eigenvalue weighted by Crippen LogP contribution is -2.25. The summed E-state index contributed by atoms with van der Waals surface area (Å²) in [4.78, 5) is 11.5. The number of carbonyl (C=O) groups is 1. The molecule has 0 unspecified atom stereocenters. The molecule has 1 aromatic carbocycles. The fraction of sp³-hybridized carbons (Fsp3) is 0.462. The van der Waals surface area contributed by atoms with E-state index < -0.39 is 0 Å². The van der Waals surface area contributed by atoms with E-state index in [-0.39, 0.29) is 24.9 Å². The smallest absolute Gasteiger partial charge is 0.238 e. The van der Waals surface area contributed by atoms with Crippen molar-refractivity contribution in [1.29, 1.82) is 0 Å². The zero-order chi connectivity index (χ0) is 13.4. The molecule has 5 nitrogen and oxygen atoms in total. The summed E-state index contributed by atoms with van der Waals surface area (Å²) >= 11 is 0. The third-order valence-corrected chi connectivity index (χ3v) is 2.29. The summed E-state index contributed by atoms with van der Waals surface area (Å²) < 4.78 is 10.5. The van der Waals surface area contributed by atoms with Gasteiger partial charge in [0, 0.05) is 7.11 Å². The lowest BCUT2D eigenvalue weighted by Gasteiger charge is -2.13. The third kappa shape index (κ3) is 6.42. The molecule has 1 amide bonds. The summed E-state index contributed by atoms with van der Waals surface area (Å²) in [5.41, 5.74) is 1.76. The second kappa shape index (κ2) is 9.61. The van der Waals surface area contributed by atoms with Gasteiger partial charge in [-0.25, -0.2) is 0 Å². The Balaban J connectivity index is 0.00000324. The lowest BCUT2D eigenvalue weighted by atomic mass is 10.2. The molecule has 0 aliphatic rings. The van der Waals surface area contributed by atoms with Crippen LogP contribution in [0.3, 0.4) is 0 Å². The fourth-order valence-electron chi connectivity index (χ4n) is 1.44. The zero-order valence-electron chi connectivity index (χ0n) is 11.5. The molecule has 6 heteroatoms. The van der Waals surface area contributed by atoms with E-state index in [1.807, 2.05) is 25.1 Å². The molecular weight excluding hydrogens is 268 g/mol. The predicted molar refractivity (Wildman–Crippen MR) is 78.4 cm³/mol. The molecule has 0 radical (unpaired) electrons. The van der Waals surface area contributed by atoms with Crippen molar-refractivity contribution < 1.29 is 14.3 Å². The van der Waals surface area contributed by atoms with Crippen molar-refractivity contribution in [3.05, 3.63) is 23.8 Å². The first-order valence-electron chi connectivity index (χ1n) is 5.84. The van der Waals surface area contributed by atoms with Crippen LogP contribution in [0.2, 0.25) is 0 Å². The second-order valence-electron chi connectivity index (χ2n) is 3.92. The normalized spacial score (nSPS) is 9.63. The minimum Gasteiger partial charge on any atom is -0.489 e. The van der Waals surface area contributed by atoms with Gasteiger partial charge < -0.3 is 20.1 Å². The van der Waals surface area contributed by atoms with Gasteiger partial charge in [0.1, 0.15) is 12.4 Å². The molecule has 0 saturated carbocycles. The highest BCUT2D eigenvalue weighted by Gasteiger charge is 2.07. The summed E-state index contributed by atoms with van der Waals surface area (Å²) in [5.74, 6) is 0.564. The Morgan fingerprint density at radius 1 is 1.32 bits per heavy atom. The molecule has 0 atom stereocenters. The molecule has 0 saturated heterocycles. The first-order chi connectivity index (χ1) is 8.67. The number of anilines is 1. The predicted octanol–water partition coefficient (Wildman–Crippen LogP) is 1.60. The van der Waals surface area contributed by atoms with Crippen molar-refractivity contribution in [2.45, 2.75) is 6.92 Å². The SMILES string of the molecule is CNCC(=O)Nc1ccc(C)cc1OCCOC.Cl. The number of carbonyl (C=O) groups excluding carboxylic acids is 1. The molecule has 0 aromatic heterocycles. The van der Waals surface area contributed by atoms with Crippen LogP contribution in [0.25, 0.3) is 0 Å². The van der Waals surface area contributed by atoms with E-state index >= 15 is 0 Å². The van der Waals surface area contributed by atoms with E-state index in [1.165, 1.54) is 0 Å². The van der Waals surface area contributed by atoms with Gasteiger partial charge in [-0.2, -0.15) is 0 Å². The molecule has 0 aliphatic heterocycles. The largest absolute Gasteiger partial charge is 0.489 e. The van der Waals surface area contributed by atoms with Crippen LogP contribution in [0.1, 0.15) is 5.56 Å². The fourth-order valence-corrected chi connectivity index (χ4v) is 1.44. The minimum atomic E-state index is -0.0991. The first-order valence-corrected chi connectivity index (χ1v) is 5.84. The molecule has 0 heterocycles. The molecular formula is C13H21ClN2O3. The summed E-state index contributed by atoms with van der Waals surface area (Å²) in [6.07, 6.45) is 0. The standard InChI is InChI=1S/C13H20N2O3.ClH/c1-10-4-5-11(15-13(16)9-14-2)12(8-10)18-7-6-17-3;/h4-5,8,14H,6-7,9H2,1-3H3,(H,15,16);1H. The number of methoxy groups -OCH3 is 1. The van der Waals surface area contributed by atoms with E-state index in [0.29, 0.717) is 24.7 Å². The highest BCUT2D eigenvalue weighted by atomic mass is 35.5. The van der Waals surface area contributed by atoms with Crippen LogP contribution < -0.4 is 15.4 Å². The Morgan fingerprint density at radius 3 is 2.68 bits per heavy atom. The quantitative estimate of drug-likeness (QED) is 0.748. The van der Waals surface area contributed by atoms with E-state index in [0.717, 1.165) is 5.56 Å². The topological polar surface area (TPSA) is 59.6 Å². The van der Waals surface area contributed by atoms with E-state index in [4.69, 9.17) is 9.47 Å². The van der Waals surface area contributed by atoms with Crippen molar-refractivity contribution in [2.24, 2.45) is 0 Å². The van der Waals surface area contributed by atoms with Crippen LogP contribution in [0.4, 0.5) is 5.69 Å². The first kappa shape index (κ1) is 17.7. The molecule has 108 valence electrons. The number of hydrogen-bond acceptors (Lipinski definition) is 4. The minimum absolute atomic E-state index is 0. The van der Waals surface area contributed by atoms with Crippen molar-refractivity contribution in [1.82, 2.24) is 5.32 Å². The van der Waals surface area contributed by atoms with Gasteiger partial charge in [-0.15, -0.1) is 12.4 Å². The van der Waals surface area contributed by atoms with Crippen LogP contribution in [-0.2, 0) is 9.53 Å². The highest BCUT2D eigenvalue weighted by molar-refractivity contribution is 5.93. The molecule has 0 fully saturated rings. The number of ether oxygens (including phenoxy) is 2. The van der Waals surface area contributed by atoms with E-state index in [2.05, 4.69) is 10.6 Å². The number of rotatable bonds is 7. The number of aryl methyl sites for hydroxylation is 1. The number of likely N-dealkylation sites (N-methyl/N-ethyl adjacent to an activating group) is 1. The maximum atomic E-state index is 11.5. The van der Waals surface area contributed by atoms with Gasteiger partial charge in [0.2, 0.25) is 5.91 Å². The zero-order valence-corrected chi connectivity index (χ0v) is 12.3. The Morgan fingerprint density at radius 2 is 2.05 bits per heavy atom. The highest BCUT2D eigenvalue weighted by Crippen LogP contribution is 2.25. The van der Waals surface area contributed by atoms with Gasteiger partial charge in [-0.1, -0.05) is 6.07 Å². The van der Waals surface area contributed by atoms with Crippen molar-refractivity contribution >= 4 is 24.0 Å². The molecule has 2 N–H and O–H groups in total. The van der Waals surface area contributed by atoms with Crippen molar-refractivity contribution in [3.8, 4) is 5.75 Å². The van der Waals surface area contributed by atoms with Gasteiger partial charge in [-0.05, 0) is 31.7 Å². The van der Waals surface area contributed by atoms with Gasteiger partial charge >= 0.3 is 0 Å². The van der Waals surface area contributed by atoms with Gasteiger partial charge in [-0.3, -0.25) is 4.79 Å². The third-order valence-electron chi connectivity index (χ3n) is 2.29. The van der Waals surface area contributed by atoms with Crippen LogP contribution in [0.15, 0.2) is 18.2 Å². The van der Waals surface area contributed by atoms with Crippen LogP contribution in [0, 0.1) is 6.92 Å². The van der Waals surface area contributed by atoms with Crippen molar-refractivity contribution in [3.63, 3.8) is 0 Å². The van der Waals surface area contributed by atoms with Gasteiger partial charge in [0.15, 0.2) is 0 Å². The molecule has 0 bridgehead atoms. The Labute approximate surface area is 120 Å². The summed E-state index contributed by atoms with van der Waals surface area (Å²) in [6.45, 7) is 3.21. The van der Waals surface area contributed by atoms with Gasteiger partial charge in [0.05, 0.1) is 18.8 Å². The van der Waals surface area contributed by atoms with Crippen LogP contribution in [-0.4, -0.2) is 39.8 Å². The number of halogens is 1. The van der Waals surface area contributed by atoms with Gasteiger partial charge in [0.25, 0.3) is 0 Å². The number of nitrogens with one attached hydrogen (secondary N) is 2. The molecule has 0 spiro atoms. The number of hydrogen-bond donors (Lipinski definition) is 2. The Bertz CT molecular complexity index is 399. The monoisotopic (exact) mass is 288 g/mol. The number of amides is 1. The van der Waals surface area contributed by atoms with E-state index in [1.54, 1.807) is 14.2 Å². The molecule has 1 rings (SSSR count).